The van der Waals surface area contributed by atoms with Gasteiger partial charge in [0.2, 0.25) is 5.91 Å². The molecular weight excluding hydrogens is 270 g/mol. The van der Waals surface area contributed by atoms with Gasteiger partial charge in [-0.2, -0.15) is 0 Å². The van der Waals surface area contributed by atoms with E-state index in [0.717, 1.165) is 5.56 Å². The largest absolute Gasteiger partial charge is 0.496 e. The van der Waals surface area contributed by atoms with Crippen LogP contribution in [0.15, 0.2) is 24.3 Å². The van der Waals surface area contributed by atoms with Gasteiger partial charge in [-0.05, 0) is 33.8 Å². The van der Waals surface area contributed by atoms with Crippen molar-refractivity contribution in [2.75, 3.05) is 13.7 Å². The molecule has 1 atom stereocenters. The molecule has 1 aromatic carbocycles. The van der Waals surface area contributed by atoms with E-state index >= 15 is 0 Å². The van der Waals surface area contributed by atoms with E-state index in [1.165, 1.54) is 0 Å². The van der Waals surface area contributed by atoms with Crippen LogP contribution in [0.4, 0.5) is 0 Å². The third kappa shape index (κ3) is 6.14. The lowest BCUT2D eigenvalue weighted by atomic mass is 10.1. The van der Waals surface area contributed by atoms with Gasteiger partial charge >= 0.3 is 0 Å². The van der Waals surface area contributed by atoms with Crippen molar-refractivity contribution in [3.63, 3.8) is 0 Å². The van der Waals surface area contributed by atoms with Gasteiger partial charge < -0.3 is 10.1 Å². The molecule has 1 N–H and O–H groups in total. The number of carbonyl (C=O) groups is 1. The lowest BCUT2D eigenvalue weighted by Gasteiger charge is -2.24. The number of methoxy groups -OCH3 is 1. The molecule has 0 aromatic heterocycles. The molecule has 0 spiro atoms. The number of carbonyl (C=O) groups excluding carboxylic acids is 1. The maximum absolute atomic E-state index is 11.9. The Bertz CT molecular complexity index is 454. The van der Waals surface area contributed by atoms with Gasteiger partial charge in [0.1, 0.15) is 11.9 Å². The maximum atomic E-state index is 11.9. The van der Waals surface area contributed by atoms with E-state index in [4.69, 9.17) is 14.5 Å². The topological polar surface area (TPSA) is 56.8 Å². The van der Waals surface area contributed by atoms with Crippen molar-refractivity contribution in [2.45, 2.75) is 45.8 Å². The summed E-state index contributed by atoms with van der Waals surface area (Å²) in [7, 11) is 1.59. The average Bonchev–Trinajstić information content (AvgIpc) is 2.42. The first kappa shape index (κ1) is 17.5. The Balaban J connectivity index is 2.92. The first-order valence-corrected chi connectivity index (χ1v) is 7.11. The number of hydrogen-bond acceptors (Lipinski definition) is 4. The van der Waals surface area contributed by atoms with Crippen molar-refractivity contribution in [3.05, 3.63) is 29.8 Å². The molecule has 1 unspecified atom stereocenters. The maximum Gasteiger partial charge on any atom is 0.223 e. The summed E-state index contributed by atoms with van der Waals surface area (Å²) in [4.78, 5) is 22.8. The fraction of sp³-hybridized carbons (Fsp3) is 0.562. The molecule has 0 fully saturated rings. The Labute approximate surface area is 126 Å². The van der Waals surface area contributed by atoms with Crippen LogP contribution in [-0.4, -0.2) is 25.2 Å². The second-order valence-electron chi connectivity index (χ2n) is 5.68. The number of rotatable bonds is 7. The number of amides is 1. The fourth-order valence-electron chi connectivity index (χ4n) is 1.77. The third-order valence-corrected chi connectivity index (χ3v) is 2.64. The summed E-state index contributed by atoms with van der Waals surface area (Å²) < 4.78 is 5.33. The zero-order valence-electron chi connectivity index (χ0n) is 13.4. The molecule has 0 bridgehead atoms. The Morgan fingerprint density at radius 1 is 1.29 bits per heavy atom. The van der Waals surface area contributed by atoms with Crippen LogP contribution in [0.3, 0.4) is 0 Å². The Morgan fingerprint density at radius 3 is 2.52 bits per heavy atom. The minimum absolute atomic E-state index is 0.0917. The van der Waals surface area contributed by atoms with Crippen molar-refractivity contribution in [3.8, 4) is 5.75 Å². The second kappa shape index (κ2) is 8.00. The smallest absolute Gasteiger partial charge is 0.223 e. The van der Waals surface area contributed by atoms with Crippen molar-refractivity contribution in [2.24, 2.45) is 0 Å². The van der Waals surface area contributed by atoms with E-state index in [1.54, 1.807) is 7.11 Å². The summed E-state index contributed by atoms with van der Waals surface area (Å²) >= 11 is 0. The molecule has 0 aliphatic rings. The van der Waals surface area contributed by atoms with E-state index in [2.05, 4.69) is 5.32 Å². The minimum Gasteiger partial charge on any atom is -0.496 e. The van der Waals surface area contributed by atoms with Gasteiger partial charge in [0.05, 0.1) is 19.1 Å². The molecular formula is C16H25NO4. The molecule has 1 aromatic rings. The van der Waals surface area contributed by atoms with Crippen LogP contribution in [0, 0.1) is 0 Å². The summed E-state index contributed by atoms with van der Waals surface area (Å²) in [5.41, 5.74) is 0.331. The minimum atomic E-state index is -0.521. The fourth-order valence-corrected chi connectivity index (χ4v) is 1.77. The van der Waals surface area contributed by atoms with E-state index in [0.29, 0.717) is 12.3 Å². The molecule has 1 amide bonds. The molecule has 0 heterocycles. The van der Waals surface area contributed by atoms with Crippen LogP contribution in [0.2, 0.25) is 0 Å². The lowest BCUT2D eigenvalue weighted by molar-refractivity contribution is -0.375. The quantitative estimate of drug-likeness (QED) is 0.620. The first-order chi connectivity index (χ1) is 9.87. The molecule has 118 valence electrons. The highest BCUT2D eigenvalue weighted by Crippen LogP contribution is 2.31. The predicted octanol–water partition coefficient (Wildman–Crippen LogP) is 3.01. The van der Waals surface area contributed by atoms with Gasteiger partial charge in [-0.25, -0.2) is 9.78 Å². The average molecular weight is 295 g/mol. The van der Waals surface area contributed by atoms with Gasteiger partial charge in [0.15, 0.2) is 0 Å². The molecule has 1 rings (SSSR count). The van der Waals surface area contributed by atoms with E-state index in [1.807, 2.05) is 52.0 Å². The standard InChI is InChI=1S/C16H25NO4/c1-6-17-15(18)11-14(20-21-16(2,3)4)12-9-7-8-10-13(12)19-5/h7-10,14H,6,11H2,1-5H3,(H,17,18). The van der Waals surface area contributed by atoms with Gasteiger partial charge in [-0.1, -0.05) is 18.2 Å². The third-order valence-electron chi connectivity index (χ3n) is 2.64. The van der Waals surface area contributed by atoms with Gasteiger partial charge in [0.25, 0.3) is 0 Å². The summed E-state index contributed by atoms with van der Waals surface area (Å²) in [5.74, 6) is 0.579. The highest BCUT2D eigenvalue weighted by atomic mass is 17.2. The highest BCUT2D eigenvalue weighted by molar-refractivity contribution is 5.76. The zero-order chi connectivity index (χ0) is 15.9. The van der Waals surface area contributed by atoms with E-state index < -0.39 is 11.7 Å². The lowest BCUT2D eigenvalue weighted by Crippen LogP contribution is -2.27. The van der Waals surface area contributed by atoms with E-state index in [9.17, 15) is 4.79 Å². The van der Waals surface area contributed by atoms with Crippen LogP contribution < -0.4 is 10.1 Å². The van der Waals surface area contributed by atoms with Crippen LogP contribution >= 0.6 is 0 Å². The van der Waals surface area contributed by atoms with E-state index in [-0.39, 0.29) is 12.3 Å². The van der Waals surface area contributed by atoms with Crippen LogP contribution in [0.25, 0.3) is 0 Å². The zero-order valence-corrected chi connectivity index (χ0v) is 13.4. The van der Waals surface area contributed by atoms with Crippen molar-refractivity contribution < 1.29 is 19.3 Å². The molecule has 0 aliphatic carbocycles. The summed E-state index contributed by atoms with van der Waals surface area (Å²) in [6, 6.07) is 7.45. The number of benzene rings is 1. The summed E-state index contributed by atoms with van der Waals surface area (Å²) in [5, 5.41) is 2.77. The van der Waals surface area contributed by atoms with Gasteiger partial charge in [-0.3, -0.25) is 4.79 Å². The number of ether oxygens (including phenoxy) is 1. The Morgan fingerprint density at radius 2 is 1.95 bits per heavy atom. The number of para-hydroxylation sites is 1. The highest BCUT2D eigenvalue weighted by Gasteiger charge is 2.24. The van der Waals surface area contributed by atoms with Crippen molar-refractivity contribution >= 4 is 5.91 Å². The Kier molecular flexibility index (Phi) is 6.65. The normalized spacial score (nSPS) is 12.8. The molecule has 0 saturated heterocycles. The summed E-state index contributed by atoms with van der Waals surface area (Å²) in [6.07, 6.45) is -0.350. The summed E-state index contributed by atoms with van der Waals surface area (Å²) in [6.45, 7) is 8.12. The predicted molar refractivity (Wildman–Crippen MR) is 81.0 cm³/mol. The second-order valence-corrected chi connectivity index (χ2v) is 5.68. The van der Waals surface area contributed by atoms with Gasteiger partial charge in [-0.15, -0.1) is 0 Å². The SMILES string of the molecule is CCNC(=O)CC(OOC(C)(C)C)c1ccccc1OC. The monoisotopic (exact) mass is 295 g/mol. The Hall–Kier alpha value is -1.59. The van der Waals surface area contributed by atoms with Crippen molar-refractivity contribution in [1.82, 2.24) is 5.32 Å². The number of hydrogen-bond donors (Lipinski definition) is 1. The number of nitrogens with one attached hydrogen (secondary N) is 1. The van der Waals surface area contributed by atoms with Crippen LogP contribution in [0.1, 0.15) is 45.8 Å². The molecule has 5 nitrogen and oxygen atoms in total. The van der Waals surface area contributed by atoms with Crippen molar-refractivity contribution in [1.29, 1.82) is 0 Å². The molecule has 5 heteroatoms. The molecule has 21 heavy (non-hydrogen) atoms. The molecule has 0 radical (unpaired) electrons. The van der Waals surface area contributed by atoms with Crippen LogP contribution in [-0.2, 0) is 14.6 Å². The molecule has 0 saturated carbocycles. The molecule has 0 aliphatic heterocycles. The van der Waals surface area contributed by atoms with Gasteiger partial charge in [0, 0.05) is 12.1 Å². The first-order valence-electron chi connectivity index (χ1n) is 7.11. The van der Waals surface area contributed by atoms with Crippen LogP contribution in [0.5, 0.6) is 5.75 Å².